The van der Waals surface area contributed by atoms with Gasteiger partial charge in [0.15, 0.2) is 0 Å². The van der Waals surface area contributed by atoms with Gasteiger partial charge in [-0.1, -0.05) is 12.1 Å². The van der Waals surface area contributed by atoms with E-state index in [0.29, 0.717) is 0 Å². The molecular formula is C22H26N4O. The van der Waals surface area contributed by atoms with Gasteiger partial charge in [0, 0.05) is 18.1 Å². The topological polar surface area (TPSA) is 59.3 Å². The molecule has 140 valence electrons. The number of imidazole rings is 1. The lowest BCUT2D eigenvalue weighted by Crippen LogP contribution is -2.52. The molecular weight excluding hydrogens is 336 g/mol. The van der Waals surface area contributed by atoms with Gasteiger partial charge in [0.25, 0.3) is 0 Å². The Morgan fingerprint density at radius 1 is 1.11 bits per heavy atom. The zero-order valence-electron chi connectivity index (χ0n) is 15.8. The van der Waals surface area contributed by atoms with Crippen molar-refractivity contribution >= 4 is 11.6 Å². The smallest absolute Gasteiger partial charge is 0.246 e. The number of hydrogen-bond donors (Lipinski definition) is 1. The molecule has 2 aromatic rings. The fourth-order valence-electron chi connectivity index (χ4n) is 5.99. The van der Waals surface area contributed by atoms with Crippen molar-refractivity contribution in [1.82, 2.24) is 15.0 Å². The number of aromatic nitrogens is 2. The Balaban J connectivity index is 1.28. The summed E-state index contributed by atoms with van der Waals surface area (Å²) in [6.07, 6.45) is 12.7. The maximum atomic E-state index is 13.0. The van der Waals surface area contributed by atoms with Gasteiger partial charge in [0.1, 0.15) is 0 Å². The molecule has 4 saturated carbocycles. The highest BCUT2D eigenvalue weighted by Crippen LogP contribution is 2.60. The van der Waals surface area contributed by atoms with Crippen LogP contribution in [0.1, 0.15) is 51.0 Å². The van der Waals surface area contributed by atoms with Crippen LogP contribution in [-0.4, -0.2) is 21.2 Å². The van der Waals surface area contributed by atoms with Gasteiger partial charge in [-0.05, 0) is 80.9 Å². The summed E-state index contributed by atoms with van der Waals surface area (Å²) in [4.78, 5) is 17.1. The first-order valence-corrected chi connectivity index (χ1v) is 10.0. The van der Waals surface area contributed by atoms with Crippen molar-refractivity contribution in [1.29, 1.82) is 0 Å². The van der Waals surface area contributed by atoms with E-state index in [-0.39, 0.29) is 11.3 Å². The number of hydrazone groups is 1. The zero-order valence-corrected chi connectivity index (χ0v) is 15.8. The first-order chi connectivity index (χ1) is 13.1. The van der Waals surface area contributed by atoms with E-state index in [4.69, 9.17) is 0 Å². The molecule has 1 aromatic carbocycles. The third kappa shape index (κ3) is 2.99. The van der Waals surface area contributed by atoms with Crippen LogP contribution >= 0.6 is 0 Å². The van der Waals surface area contributed by atoms with E-state index in [1.165, 1.54) is 19.3 Å². The maximum Gasteiger partial charge on any atom is 0.246 e. The Kier molecular flexibility index (Phi) is 3.92. The first kappa shape index (κ1) is 16.7. The number of carbonyl (C=O) groups is 1. The quantitative estimate of drug-likeness (QED) is 0.662. The minimum absolute atomic E-state index is 0.149. The zero-order chi connectivity index (χ0) is 18.4. The highest BCUT2D eigenvalue weighted by Gasteiger charge is 2.54. The first-order valence-electron chi connectivity index (χ1n) is 10.0. The van der Waals surface area contributed by atoms with Crippen molar-refractivity contribution in [2.45, 2.75) is 45.4 Å². The number of rotatable bonds is 4. The molecule has 27 heavy (non-hydrogen) atoms. The molecule has 6 rings (SSSR count). The molecule has 0 spiro atoms. The lowest BCUT2D eigenvalue weighted by molar-refractivity contribution is -0.146. The second kappa shape index (κ2) is 6.32. The predicted molar refractivity (Wildman–Crippen MR) is 105 cm³/mol. The van der Waals surface area contributed by atoms with Crippen LogP contribution in [0.5, 0.6) is 0 Å². The summed E-state index contributed by atoms with van der Waals surface area (Å²) in [5, 5.41) is 4.44. The summed E-state index contributed by atoms with van der Waals surface area (Å²) in [5.41, 5.74) is 5.68. The van der Waals surface area contributed by atoms with E-state index in [1.807, 2.05) is 42.0 Å². The van der Waals surface area contributed by atoms with Crippen LogP contribution in [0.25, 0.3) is 5.69 Å². The van der Waals surface area contributed by atoms with Gasteiger partial charge >= 0.3 is 0 Å². The van der Waals surface area contributed by atoms with Gasteiger partial charge in [-0.15, -0.1) is 0 Å². The third-order valence-corrected chi connectivity index (χ3v) is 6.93. The minimum atomic E-state index is -0.149. The van der Waals surface area contributed by atoms with Crippen molar-refractivity contribution in [2.24, 2.45) is 28.3 Å². The fourth-order valence-corrected chi connectivity index (χ4v) is 5.99. The molecule has 1 heterocycles. The molecule has 0 saturated heterocycles. The Morgan fingerprint density at radius 3 is 2.30 bits per heavy atom. The van der Waals surface area contributed by atoms with Gasteiger partial charge in [-0.3, -0.25) is 4.79 Å². The van der Waals surface area contributed by atoms with E-state index in [2.05, 4.69) is 15.5 Å². The Labute approximate surface area is 159 Å². The summed E-state index contributed by atoms with van der Waals surface area (Å²) in [6, 6.07) is 8.14. The normalized spacial score (nSPS) is 31.9. The highest BCUT2D eigenvalue weighted by molar-refractivity contribution is 5.99. The summed E-state index contributed by atoms with van der Waals surface area (Å²) < 4.78 is 1.96. The van der Waals surface area contributed by atoms with Gasteiger partial charge in [0.2, 0.25) is 5.91 Å². The van der Waals surface area contributed by atoms with E-state index >= 15 is 0 Å². The SMILES string of the molecule is C/C(=N\NC(=O)C12CC3CC(CC(C3)C1)C2)c1ccc(-n2ccnc2)cc1. The molecule has 4 fully saturated rings. The number of amides is 1. The second-order valence-electron chi connectivity index (χ2n) is 8.85. The largest absolute Gasteiger partial charge is 0.306 e. The molecule has 4 aliphatic rings. The lowest BCUT2D eigenvalue weighted by atomic mass is 9.49. The lowest BCUT2D eigenvalue weighted by Gasteiger charge is -2.55. The fraction of sp³-hybridized carbons (Fsp3) is 0.500. The highest BCUT2D eigenvalue weighted by atomic mass is 16.2. The molecule has 0 radical (unpaired) electrons. The van der Waals surface area contributed by atoms with Crippen molar-refractivity contribution in [2.75, 3.05) is 0 Å². The predicted octanol–water partition coefficient (Wildman–Crippen LogP) is 3.93. The Morgan fingerprint density at radius 2 is 1.74 bits per heavy atom. The molecule has 0 unspecified atom stereocenters. The van der Waals surface area contributed by atoms with Crippen LogP contribution in [0.15, 0.2) is 48.1 Å². The van der Waals surface area contributed by atoms with Gasteiger partial charge in [-0.2, -0.15) is 5.10 Å². The molecule has 4 aliphatic carbocycles. The van der Waals surface area contributed by atoms with Gasteiger partial charge in [0.05, 0.1) is 17.5 Å². The molecule has 5 heteroatoms. The van der Waals surface area contributed by atoms with Crippen LogP contribution in [0.3, 0.4) is 0 Å². The molecule has 0 aliphatic heterocycles. The summed E-state index contributed by atoms with van der Waals surface area (Å²) in [5.74, 6) is 2.45. The summed E-state index contributed by atoms with van der Waals surface area (Å²) in [6.45, 7) is 1.95. The standard InChI is InChI=1S/C22H26N4O/c1-15(19-2-4-20(5-3-19)26-7-6-23-14-26)24-25-21(27)22-11-16-8-17(12-22)10-18(9-16)13-22/h2-7,14,16-18H,8-13H2,1H3,(H,25,27)/b24-15+. The number of carbonyl (C=O) groups excluding carboxylic acids is 1. The van der Waals surface area contributed by atoms with Crippen LogP contribution in [0.2, 0.25) is 0 Å². The summed E-state index contributed by atoms with van der Waals surface area (Å²) in [7, 11) is 0. The van der Waals surface area contributed by atoms with Gasteiger partial charge < -0.3 is 4.57 Å². The number of hydrogen-bond acceptors (Lipinski definition) is 3. The maximum absolute atomic E-state index is 13.0. The minimum Gasteiger partial charge on any atom is -0.306 e. The molecule has 1 aromatic heterocycles. The number of benzene rings is 1. The Hall–Kier alpha value is -2.43. The molecule has 1 N–H and O–H groups in total. The van der Waals surface area contributed by atoms with E-state index < -0.39 is 0 Å². The van der Waals surface area contributed by atoms with Crippen molar-refractivity contribution < 1.29 is 4.79 Å². The second-order valence-corrected chi connectivity index (χ2v) is 8.85. The van der Waals surface area contributed by atoms with Crippen LogP contribution < -0.4 is 5.43 Å². The van der Waals surface area contributed by atoms with E-state index in [9.17, 15) is 4.79 Å². The molecule has 4 bridgehead atoms. The monoisotopic (exact) mass is 362 g/mol. The van der Waals surface area contributed by atoms with Crippen molar-refractivity contribution in [3.63, 3.8) is 0 Å². The number of nitrogens with one attached hydrogen (secondary N) is 1. The summed E-state index contributed by atoms with van der Waals surface area (Å²) >= 11 is 0. The average Bonchev–Trinajstić information content (AvgIpc) is 3.19. The van der Waals surface area contributed by atoms with Crippen LogP contribution in [0.4, 0.5) is 0 Å². The molecule has 5 nitrogen and oxygen atoms in total. The average molecular weight is 362 g/mol. The van der Waals surface area contributed by atoms with Crippen LogP contribution in [0, 0.1) is 23.2 Å². The molecule has 0 atom stereocenters. The van der Waals surface area contributed by atoms with Crippen LogP contribution in [-0.2, 0) is 4.79 Å². The Bertz CT molecular complexity index is 831. The van der Waals surface area contributed by atoms with E-state index in [0.717, 1.165) is 54.0 Å². The van der Waals surface area contributed by atoms with E-state index in [1.54, 1.807) is 12.5 Å². The molecule has 1 amide bonds. The van der Waals surface area contributed by atoms with Crippen molar-refractivity contribution in [3.05, 3.63) is 48.5 Å². The third-order valence-electron chi connectivity index (χ3n) is 6.93. The van der Waals surface area contributed by atoms with Gasteiger partial charge in [-0.25, -0.2) is 10.4 Å². The van der Waals surface area contributed by atoms with Crippen molar-refractivity contribution in [3.8, 4) is 5.69 Å². The number of nitrogens with zero attached hydrogens (tertiary/aromatic N) is 3.